The zero-order valence-corrected chi connectivity index (χ0v) is 23.0. The minimum Gasteiger partial charge on any atom is -0.355 e. The summed E-state index contributed by atoms with van der Waals surface area (Å²) < 4.78 is 28.6. The van der Waals surface area contributed by atoms with Gasteiger partial charge in [-0.2, -0.15) is 0 Å². The van der Waals surface area contributed by atoms with E-state index in [1.807, 2.05) is 38.1 Å². The Balaban J connectivity index is 2.04. The van der Waals surface area contributed by atoms with Crippen LogP contribution in [0.1, 0.15) is 30.5 Å². The molecule has 0 fully saturated rings. The molecule has 0 saturated heterocycles. The van der Waals surface area contributed by atoms with E-state index < -0.39 is 28.5 Å². The van der Waals surface area contributed by atoms with Crippen LogP contribution in [0.15, 0.2) is 77.7 Å². The van der Waals surface area contributed by atoms with Crippen molar-refractivity contribution in [2.24, 2.45) is 0 Å². The Morgan fingerprint density at radius 2 is 1.62 bits per heavy atom. The van der Waals surface area contributed by atoms with Gasteiger partial charge in [0.2, 0.25) is 11.8 Å². The van der Waals surface area contributed by atoms with E-state index in [1.165, 1.54) is 17.0 Å². The van der Waals surface area contributed by atoms with Crippen molar-refractivity contribution in [2.45, 2.75) is 45.2 Å². The number of hydrogen-bond acceptors (Lipinski definition) is 4. The van der Waals surface area contributed by atoms with Gasteiger partial charge in [-0.15, -0.1) is 0 Å². The molecule has 3 rings (SSSR count). The quantitative estimate of drug-likeness (QED) is 0.403. The van der Waals surface area contributed by atoms with Crippen LogP contribution < -0.4 is 9.62 Å². The van der Waals surface area contributed by atoms with Crippen LogP contribution >= 0.6 is 11.6 Å². The minimum absolute atomic E-state index is 0.0350. The first-order valence-corrected chi connectivity index (χ1v) is 13.8. The summed E-state index contributed by atoms with van der Waals surface area (Å²) in [5.74, 6) is -0.856. The summed E-state index contributed by atoms with van der Waals surface area (Å²) in [6.45, 7) is 7.24. The van der Waals surface area contributed by atoms with Crippen LogP contribution in [-0.4, -0.2) is 44.3 Å². The Hall–Kier alpha value is -3.36. The van der Waals surface area contributed by atoms with Gasteiger partial charge < -0.3 is 10.2 Å². The summed E-state index contributed by atoms with van der Waals surface area (Å²) in [6, 6.07) is 19.6. The first kappa shape index (κ1) is 28.2. The fraction of sp³-hybridized carbons (Fsp3) is 0.286. The van der Waals surface area contributed by atoms with E-state index in [1.54, 1.807) is 50.2 Å². The monoisotopic (exact) mass is 541 g/mol. The summed E-state index contributed by atoms with van der Waals surface area (Å²) in [5, 5.41) is 2.94. The largest absolute Gasteiger partial charge is 0.355 e. The molecule has 37 heavy (non-hydrogen) atoms. The normalized spacial score (nSPS) is 12.0. The molecule has 0 heterocycles. The molecular formula is C28H32ClN3O4S. The van der Waals surface area contributed by atoms with Gasteiger partial charge in [-0.05, 0) is 57.5 Å². The number of rotatable bonds is 10. The molecule has 2 amide bonds. The highest BCUT2D eigenvalue weighted by Gasteiger charge is 2.33. The van der Waals surface area contributed by atoms with Gasteiger partial charge >= 0.3 is 0 Å². The lowest BCUT2D eigenvalue weighted by Gasteiger charge is -2.32. The summed E-state index contributed by atoms with van der Waals surface area (Å²) in [6.07, 6.45) is 0. The molecule has 0 spiro atoms. The number of halogens is 1. The number of hydrogen-bond donors (Lipinski definition) is 1. The molecule has 0 aliphatic heterocycles. The van der Waals surface area contributed by atoms with Crippen molar-refractivity contribution < 1.29 is 18.0 Å². The maximum atomic E-state index is 13.8. The lowest BCUT2D eigenvalue weighted by atomic mass is 10.1. The minimum atomic E-state index is -4.16. The molecule has 0 bridgehead atoms. The maximum Gasteiger partial charge on any atom is 0.264 e. The number of nitrogens with one attached hydrogen (secondary N) is 1. The predicted octanol–water partition coefficient (Wildman–Crippen LogP) is 4.71. The number of nitrogens with zero attached hydrogens (tertiary/aromatic N) is 2. The van der Waals surface area contributed by atoms with Gasteiger partial charge in [-0.1, -0.05) is 71.3 Å². The summed E-state index contributed by atoms with van der Waals surface area (Å²) in [4.78, 5) is 28.0. The Morgan fingerprint density at radius 3 is 2.24 bits per heavy atom. The molecule has 1 unspecified atom stereocenters. The van der Waals surface area contributed by atoms with E-state index >= 15 is 0 Å². The number of carbonyl (C=O) groups excluding carboxylic acids is 2. The van der Waals surface area contributed by atoms with Crippen molar-refractivity contribution in [3.05, 3.63) is 94.5 Å². The molecular weight excluding hydrogens is 510 g/mol. The number of carbonyl (C=O) groups is 2. The van der Waals surface area contributed by atoms with Gasteiger partial charge in [0, 0.05) is 13.1 Å². The number of amides is 2. The van der Waals surface area contributed by atoms with E-state index in [0.717, 1.165) is 21.0 Å². The van der Waals surface area contributed by atoms with Crippen molar-refractivity contribution in [3.63, 3.8) is 0 Å². The van der Waals surface area contributed by atoms with Gasteiger partial charge in [0.1, 0.15) is 12.6 Å². The van der Waals surface area contributed by atoms with Crippen LogP contribution in [0.4, 0.5) is 5.69 Å². The summed E-state index contributed by atoms with van der Waals surface area (Å²) in [7, 11) is -4.16. The highest BCUT2D eigenvalue weighted by molar-refractivity contribution is 7.92. The zero-order valence-electron chi connectivity index (χ0n) is 21.4. The van der Waals surface area contributed by atoms with E-state index in [0.29, 0.717) is 6.54 Å². The van der Waals surface area contributed by atoms with E-state index in [-0.39, 0.29) is 28.1 Å². The van der Waals surface area contributed by atoms with Gasteiger partial charge in [0.25, 0.3) is 10.0 Å². The molecule has 1 atom stereocenters. The Kier molecular flexibility index (Phi) is 9.34. The third-order valence-electron chi connectivity index (χ3n) is 5.96. The third kappa shape index (κ3) is 6.90. The van der Waals surface area contributed by atoms with Crippen LogP contribution in [0.2, 0.25) is 5.02 Å². The number of sulfonamides is 1. The molecule has 0 radical (unpaired) electrons. The molecule has 7 nitrogen and oxygen atoms in total. The second-order valence-corrected chi connectivity index (χ2v) is 11.1. The Labute approximate surface area is 224 Å². The Bertz CT molecular complexity index is 1360. The van der Waals surface area contributed by atoms with Crippen LogP contribution in [0, 0.1) is 13.8 Å². The third-order valence-corrected chi connectivity index (χ3v) is 8.06. The van der Waals surface area contributed by atoms with Crippen LogP contribution in [0.5, 0.6) is 0 Å². The fourth-order valence-corrected chi connectivity index (χ4v) is 5.64. The van der Waals surface area contributed by atoms with E-state index in [4.69, 9.17) is 11.6 Å². The van der Waals surface area contributed by atoms with Gasteiger partial charge in [0.15, 0.2) is 0 Å². The molecule has 0 aliphatic carbocycles. The molecule has 3 aromatic carbocycles. The fourth-order valence-electron chi connectivity index (χ4n) is 3.92. The number of para-hydroxylation sites is 1. The van der Waals surface area contributed by atoms with Gasteiger partial charge in [-0.3, -0.25) is 13.9 Å². The van der Waals surface area contributed by atoms with Crippen LogP contribution in [-0.2, 0) is 26.2 Å². The van der Waals surface area contributed by atoms with Crippen molar-refractivity contribution in [1.82, 2.24) is 10.2 Å². The lowest BCUT2D eigenvalue weighted by Crippen LogP contribution is -2.51. The van der Waals surface area contributed by atoms with Crippen LogP contribution in [0.3, 0.4) is 0 Å². The number of benzene rings is 3. The number of aryl methyl sites for hydroxylation is 2. The highest BCUT2D eigenvalue weighted by Crippen LogP contribution is 2.31. The van der Waals surface area contributed by atoms with E-state index in [2.05, 4.69) is 5.32 Å². The topological polar surface area (TPSA) is 86.8 Å². The number of anilines is 1. The maximum absolute atomic E-state index is 13.8. The summed E-state index contributed by atoms with van der Waals surface area (Å²) in [5.41, 5.74) is 2.92. The van der Waals surface area contributed by atoms with Gasteiger partial charge in [-0.25, -0.2) is 8.42 Å². The van der Waals surface area contributed by atoms with E-state index in [9.17, 15) is 18.0 Å². The van der Waals surface area contributed by atoms with Crippen molar-refractivity contribution in [1.29, 1.82) is 0 Å². The predicted molar refractivity (Wildman–Crippen MR) is 147 cm³/mol. The van der Waals surface area contributed by atoms with Crippen molar-refractivity contribution >= 4 is 39.1 Å². The molecule has 3 aromatic rings. The first-order valence-electron chi connectivity index (χ1n) is 12.0. The summed E-state index contributed by atoms with van der Waals surface area (Å²) >= 11 is 6.41. The SMILES string of the molecule is CCNC(=O)C(C)N(Cc1cccc(C)c1)C(=O)CN(c1ccccc1Cl)S(=O)(=O)c1ccc(C)cc1. The Morgan fingerprint density at radius 1 is 0.946 bits per heavy atom. The average Bonchev–Trinajstić information content (AvgIpc) is 2.86. The zero-order chi connectivity index (χ0) is 27.2. The number of likely N-dealkylation sites (N-methyl/N-ethyl adjacent to an activating group) is 1. The average molecular weight is 542 g/mol. The van der Waals surface area contributed by atoms with Crippen molar-refractivity contribution in [2.75, 3.05) is 17.4 Å². The van der Waals surface area contributed by atoms with Gasteiger partial charge in [0.05, 0.1) is 15.6 Å². The second-order valence-electron chi connectivity index (χ2n) is 8.86. The standard InChI is InChI=1S/C28H32ClN3O4S/c1-5-30-28(34)22(4)31(18-23-10-8-9-21(3)17-23)27(33)19-32(26-12-7-6-11-25(26)29)37(35,36)24-15-13-20(2)14-16-24/h6-17,22H,5,18-19H2,1-4H3,(H,30,34). The smallest absolute Gasteiger partial charge is 0.264 e. The second kappa shape index (κ2) is 12.3. The first-order chi connectivity index (χ1) is 17.5. The molecule has 0 saturated carbocycles. The highest BCUT2D eigenvalue weighted by atomic mass is 35.5. The lowest BCUT2D eigenvalue weighted by molar-refractivity contribution is -0.139. The molecule has 0 aromatic heterocycles. The van der Waals surface area contributed by atoms with Crippen LogP contribution in [0.25, 0.3) is 0 Å². The molecule has 196 valence electrons. The van der Waals surface area contributed by atoms with Crippen molar-refractivity contribution in [3.8, 4) is 0 Å². The molecule has 9 heteroatoms. The molecule has 0 aliphatic rings. The molecule has 1 N–H and O–H groups in total.